The van der Waals surface area contributed by atoms with Crippen LogP contribution >= 0.6 is 0 Å². The maximum Gasteiger partial charge on any atom is 0.343 e. The number of rotatable bonds is 6. The Labute approximate surface area is 198 Å². The van der Waals surface area contributed by atoms with Gasteiger partial charge >= 0.3 is 5.97 Å². The number of nitrogens with zero attached hydrogens (tertiary/aromatic N) is 1. The van der Waals surface area contributed by atoms with E-state index in [1.165, 1.54) is 28.8 Å². The number of ether oxygens (including phenoxy) is 1. The number of sulfonamides is 1. The molecule has 0 unspecified atom stereocenters. The molecule has 0 aliphatic carbocycles. The number of hydrogen-bond donors (Lipinski definition) is 1. The highest BCUT2D eigenvalue weighted by Crippen LogP contribution is 2.25. The summed E-state index contributed by atoms with van der Waals surface area (Å²) in [5.74, 6) is -0.767. The summed E-state index contributed by atoms with van der Waals surface area (Å²) in [5, 5.41) is 2.67. The molecule has 1 aromatic heterocycles. The van der Waals surface area contributed by atoms with Crippen molar-refractivity contribution in [2.45, 2.75) is 37.5 Å². The zero-order valence-corrected chi connectivity index (χ0v) is 19.6. The number of amides is 1. The Morgan fingerprint density at radius 3 is 2.44 bits per heavy atom. The smallest absolute Gasteiger partial charge is 0.343 e. The lowest BCUT2D eigenvalue weighted by molar-refractivity contribution is 0.0734. The SMILES string of the molecule is Cc1ccc(C(=O)Oc2cccc(NC(=O)c3ccco3)c2)cc1S(=O)(=O)N1CCCCCC1. The third-order valence-corrected chi connectivity index (χ3v) is 7.69. The van der Waals surface area contributed by atoms with Crippen LogP contribution in [0, 0.1) is 6.92 Å². The summed E-state index contributed by atoms with van der Waals surface area (Å²) in [6.45, 7) is 2.67. The van der Waals surface area contributed by atoms with E-state index in [2.05, 4.69) is 5.32 Å². The fraction of sp³-hybridized carbons (Fsp3) is 0.280. The molecule has 2 aromatic carbocycles. The van der Waals surface area contributed by atoms with E-state index in [0.717, 1.165) is 25.7 Å². The lowest BCUT2D eigenvalue weighted by Gasteiger charge is -2.21. The van der Waals surface area contributed by atoms with Crippen molar-refractivity contribution in [1.82, 2.24) is 4.31 Å². The second-order valence-corrected chi connectivity index (χ2v) is 10.1. The molecule has 1 fully saturated rings. The quantitative estimate of drug-likeness (QED) is 0.406. The van der Waals surface area contributed by atoms with E-state index in [4.69, 9.17) is 9.15 Å². The first-order valence-corrected chi connectivity index (χ1v) is 12.6. The van der Waals surface area contributed by atoms with E-state index in [1.807, 2.05) is 0 Å². The fourth-order valence-electron chi connectivity index (χ4n) is 3.83. The summed E-state index contributed by atoms with van der Waals surface area (Å²) >= 11 is 0. The molecule has 1 aliphatic heterocycles. The Hall–Kier alpha value is -3.43. The normalized spacial score (nSPS) is 14.9. The molecule has 9 heteroatoms. The second-order valence-electron chi connectivity index (χ2n) is 8.15. The first-order chi connectivity index (χ1) is 16.3. The molecular formula is C25H26N2O6S. The van der Waals surface area contributed by atoms with Gasteiger partial charge in [-0.05, 0) is 61.7 Å². The topological polar surface area (TPSA) is 106 Å². The number of carbonyl (C=O) groups is 2. The molecule has 178 valence electrons. The number of hydrogen-bond acceptors (Lipinski definition) is 6. The number of anilines is 1. The summed E-state index contributed by atoms with van der Waals surface area (Å²) in [4.78, 5) is 25.1. The Morgan fingerprint density at radius 1 is 0.971 bits per heavy atom. The minimum atomic E-state index is -3.72. The maximum atomic E-state index is 13.3. The fourth-order valence-corrected chi connectivity index (χ4v) is 5.60. The minimum absolute atomic E-state index is 0.114. The number of benzene rings is 2. The first kappa shape index (κ1) is 23.7. The summed E-state index contributed by atoms with van der Waals surface area (Å²) in [6, 6.07) is 14.0. The van der Waals surface area contributed by atoms with Gasteiger partial charge in [0.2, 0.25) is 10.0 Å². The lowest BCUT2D eigenvalue weighted by Crippen LogP contribution is -2.32. The van der Waals surface area contributed by atoms with Crippen LogP contribution in [0.15, 0.2) is 70.2 Å². The molecule has 1 amide bonds. The zero-order valence-electron chi connectivity index (χ0n) is 18.8. The van der Waals surface area contributed by atoms with Crippen LogP contribution in [0.2, 0.25) is 0 Å². The van der Waals surface area contributed by atoms with Crippen LogP contribution in [-0.4, -0.2) is 37.7 Å². The van der Waals surface area contributed by atoms with Crippen molar-refractivity contribution >= 4 is 27.6 Å². The Kier molecular flexibility index (Phi) is 7.14. The molecule has 4 rings (SSSR count). The van der Waals surface area contributed by atoms with Crippen LogP contribution in [0.1, 0.15) is 52.2 Å². The molecule has 1 N–H and O–H groups in total. The molecule has 1 aliphatic rings. The molecule has 0 saturated carbocycles. The van der Waals surface area contributed by atoms with Gasteiger partial charge in [0.1, 0.15) is 5.75 Å². The third kappa shape index (κ3) is 5.37. The van der Waals surface area contributed by atoms with Crippen LogP contribution in [0.5, 0.6) is 5.75 Å². The van der Waals surface area contributed by atoms with Gasteiger partial charge in [0.25, 0.3) is 5.91 Å². The van der Waals surface area contributed by atoms with E-state index in [-0.39, 0.29) is 22.0 Å². The number of furan rings is 1. The van der Waals surface area contributed by atoms with Gasteiger partial charge in [-0.25, -0.2) is 13.2 Å². The first-order valence-electron chi connectivity index (χ1n) is 11.1. The van der Waals surface area contributed by atoms with Crippen molar-refractivity contribution in [2.24, 2.45) is 0 Å². The molecule has 1 saturated heterocycles. The maximum absolute atomic E-state index is 13.3. The van der Waals surface area contributed by atoms with Crippen molar-refractivity contribution in [2.75, 3.05) is 18.4 Å². The number of esters is 1. The van der Waals surface area contributed by atoms with E-state index in [1.54, 1.807) is 43.3 Å². The van der Waals surface area contributed by atoms with Crippen molar-refractivity contribution in [3.8, 4) is 5.75 Å². The van der Waals surface area contributed by atoms with Crippen LogP contribution in [0.3, 0.4) is 0 Å². The van der Waals surface area contributed by atoms with E-state index >= 15 is 0 Å². The predicted octanol–water partition coefficient (Wildman–Crippen LogP) is 4.62. The van der Waals surface area contributed by atoms with Gasteiger partial charge in [0, 0.05) is 24.8 Å². The minimum Gasteiger partial charge on any atom is -0.459 e. The monoisotopic (exact) mass is 482 g/mol. The molecule has 0 spiro atoms. The Bertz CT molecular complexity index is 1280. The molecule has 0 radical (unpaired) electrons. The largest absolute Gasteiger partial charge is 0.459 e. The van der Waals surface area contributed by atoms with Gasteiger partial charge in [0.05, 0.1) is 16.7 Å². The van der Waals surface area contributed by atoms with Gasteiger partial charge in [-0.2, -0.15) is 4.31 Å². The van der Waals surface area contributed by atoms with Gasteiger partial charge in [-0.3, -0.25) is 4.79 Å². The highest BCUT2D eigenvalue weighted by molar-refractivity contribution is 7.89. The summed E-state index contributed by atoms with van der Waals surface area (Å²) in [7, 11) is -3.72. The van der Waals surface area contributed by atoms with E-state index in [0.29, 0.717) is 24.3 Å². The molecule has 2 heterocycles. The number of aryl methyl sites for hydroxylation is 1. The second kappa shape index (κ2) is 10.2. The highest BCUT2D eigenvalue weighted by Gasteiger charge is 2.27. The van der Waals surface area contributed by atoms with Gasteiger partial charge in [-0.1, -0.05) is 25.0 Å². The highest BCUT2D eigenvalue weighted by atomic mass is 32.2. The van der Waals surface area contributed by atoms with Crippen molar-refractivity contribution < 1.29 is 27.2 Å². The molecule has 8 nitrogen and oxygen atoms in total. The number of nitrogens with one attached hydrogen (secondary N) is 1. The average Bonchev–Trinajstić information content (AvgIpc) is 3.21. The van der Waals surface area contributed by atoms with Gasteiger partial charge in [-0.15, -0.1) is 0 Å². The van der Waals surface area contributed by atoms with Crippen molar-refractivity contribution in [3.63, 3.8) is 0 Å². The van der Waals surface area contributed by atoms with Crippen LogP contribution in [0.4, 0.5) is 5.69 Å². The third-order valence-electron chi connectivity index (χ3n) is 5.65. The van der Waals surface area contributed by atoms with Crippen molar-refractivity contribution in [3.05, 3.63) is 77.7 Å². The van der Waals surface area contributed by atoms with Crippen LogP contribution in [0.25, 0.3) is 0 Å². The van der Waals surface area contributed by atoms with Gasteiger partial charge < -0.3 is 14.5 Å². The molecule has 0 atom stereocenters. The number of carbonyl (C=O) groups excluding carboxylic acids is 2. The average molecular weight is 483 g/mol. The Morgan fingerprint density at radius 2 is 1.74 bits per heavy atom. The molecule has 3 aromatic rings. The van der Waals surface area contributed by atoms with E-state index in [9.17, 15) is 18.0 Å². The summed E-state index contributed by atoms with van der Waals surface area (Å²) in [5.41, 5.74) is 1.12. The zero-order chi connectivity index (χ0) is 24.1. The van der Waals surface area contributed by atoms with Crippen molar-refractivity contribution in [1.29, 1.82) is 0 Å². The predicted molar refractivity (Wildman–Crippen MR) is 126 cm³/mol. The molecule has 0 bridgehead atoms. The Balaban J connectivity index is 1.51. The summed E-state index contributed by atoms with van der Waals surface area (Å²) in [6.07, 6.45) is 5.08. The molecule has 34 heavy (non-hydrogen) atoms. The summed E-state index contributed by atoms with van der Waals surface area (Å²) < 4.78 is 38.6. The van der Waals surface area contributed by atoms with E-state index < -0.39 is 21.9 Å². The molecular weight excluding hydrogens is 456 g/mol. The van der Waals surface area contributed by atoms with Crippen LogP contribution in [-0.2, 0) is 10.0 Å². The standard InChI is InChI=1S/C25H26N2O6S/c1-18-11-12-19(16-23(18)34(30,31)27-13-4-2-3-5-14-27)25(29)33-21-9-6-8-20(17-21)26-24(28)22-10-7-15-32-22/h6-12,15-17H,2-5,13-14H2,1H3,(H,26,28). The van der Waals surface area contributed by atoms with Crippen LogP contribution < -0.4 is 10.1 Å². The lowest BCUT2D eigenvalue weighted by atomic mass is 10.1. The van der Waals surface area contributed by atoms with Gasteiger partial charge in [0.15, 0.2) is 5.76 Å².